The lowest BCUT2D eigenvalue weighted by atomic mass is 10.1. The van der Waals surface area contributed by atoms with Gasteiger partial charge in [0.2, 0.25) is 5.91 Å². The number of fused-ring (bicyclic) bond motifs is 1. The van der Waals surface area contributed by atoms with Gasteiger partial charge in [-0.25, -0.2) is 0 Å². The standard InChI is InChI=1S/C17H22N4O3/c22-13-24-12-18-15-5-8-20(9-6-15)17(23)7-10-21-16-4-2-1-3-14(16)11-19-21/h1-4,11,13,15,18H,5-10,12H2. The van der Waals surface area contributed by atoms with Crippen LogP contribution in [0.15, 0.2) is 30.5 Å². The molecule has 1 saturated heterocycles. The van der Waals surface area contributed by atoms with Crippen molar-refractivity contribution in [2.75, 3.05) is 19.8 Å². The van der Waals surface area contributed by atoms with Crippen LogP contribution in [0.5, 0.6) is 0 Å². The number of carbonyl (C=O) groups excluding carboxylic acids is 2. The van der Waals surface area contributed by atoms with E-state index in [-0.39, 0.29) is 12.6 Å². The number of benzene rings is 1. The van der Waals surface area contributed by atoms with Gasteiger partial charge in [0, 0.05) is 30.9 Å². The van der Waals surface area contributed by atoms with Gasteiger partial charge in [-0.2, -0.15) is 5.10 Å². The Morgan fingerprint density at radius 3 is 2.92 bits per heavy atom. The monoisotopic (exact) mass is 330 g/mol. The van der Waals surface area contributed by atoms with E-state index in [1.54, 1.807) is 0 Å². The van der Waals surface area contributed by atoms with Gasteiger partial charge >= 0.3 is 0 Å². The lowest BCUT2D eigenvalue weighted by Gasteiger charge is -2.32. The van der Waals surface area contributed by atoms with Crippen molar-refractivity contribution in [2.24, 2.45) is 0 Å². The number of piperidine rings is 1. The van der Waals surface area contributed by atoms with Crippen LogP contribution in [0, 0.1) is 0 Å². The van der Waals surface area contributed by atoms with Gasteiger partial charge in [0.1, 0.15) is 6.73 Å². The van der Waals surface area contributed by atoms with Crippen molar-refractivity contribution in [3.8, 4) is 0 Å². The van der Waals surface area contributed by atoms with E-state index in [1.165, 1.54) is 0 Å². The second-order valence-corrected chi connectivity index (χ2v) is 5.94. The molecule has 24 heavy (non-hydrogen) atoms. The fourth-order valence-electron chi connectivity index (χ4n) is 3.10. The fraction of sp³-hybridized carbons (Fsp3) is 0.471. The zero-order valence-corrected chi connectivity index (χ0v) is 13.6. The first-order valence-electron chi connectivity index (χ1n) is 8.25. The summed E-state index contributed by atoms with van der Waals surface area (Å²) in [5.41, 5.74) is 1.06. The Morgan fingerprint density at radius 1 is 1.33 bits per heavy atom. The summed E-state index contributed by atoms with van der Waals surface area (Å²) >= 11 is 0. The van der Waals surface area contributed by atoms with Crippen LogP contribution in [0.25, 0.3) is 10.9 Å². The molecule has 1 aromatic carbocycles. The maximum absolute atomic E-state index is 12.4. The number of nitrogens with zero attached hydrogens (tertiary/aromatic N) is 3. The van der Waals surface area contributed by atoms with Gasteiger partial charge in [-0.05, 0) is 18.9 Å². The predicted octanol–water partition coefficient (Wildman–Crippen LogP) is 1.14. The molecule has 2 heterocycles. The summed E-state index contributed by atoms with van der Waals surface area (Å²) in [6.45, 7) is 2.73. The topological polar surface area (TPSA) is 76.5 Å². The average molecular weight is 330 g/mol. The molecule has 1 fully saturated rings. The summed E-state index contributed by atoms with van der Waals surface area (Å²) in [5.74, 6) is 0.164. The average Bonchev–Trinajstić information content (AvgIpc) is 3.04. The van der Waals surface area contributed by atoms with Gasteiger partial charge in [0.05, 0.1) is 18.3 Å². The lowest BCUT2D eigenvalue weighted by molar-refractivity contribution is -0.132. The number of nitrogens with one attached hydrogen (secondary N) is 1. The van der Waals surface area contributed by atoms with E-state index in [9.17, 15) is 9.59 Å². The summed E-state index contributed by atoms with van der Waals surface area (Å²) in [7, 11) is 0. The zero-order valence-electron chi connectivity index (χ0n) is 13.6. The minimum atomic E-state index is 0.164. The van der Waals surface area contributed by atoms with E-state index in [4.69, 9.17) is 0 Å². The molecule has 1 aliphatic rings. The van der Waals surface area contributed by atoms with Gasteiger partial charge < -0.3 is 9.64 Å². The van der Waals surface area contributed by atoms with Gasteiger partial charge in [0.15, 0.2) is 0 Å². The molecule has 0 spiro atoms. The van der Waals surface area contributed by atoms with E-state index in [0.29, 0.717) is 25.5 Å². The number of aryl methyl sites for hydroxylation is 1. The van der Waals surface area contributed by atoms with Crippen molar-refractivity contribution in [3.05, 3.63) is 30.5 Å². The highest BCUT2D eigenvalue weighted by Gasteiger charge is 2.22. The molecular weight excluding hydrogens is 308 g/mol. The van der Waals surface area contributed by atoms with E-state index in [2.05, 4.69) is 15.2 Å². The molecule has 128 valence electrons. The zero-order chi connectivity index (χ0) is 16.8. The maximum atomic E-state index is 12.4. The van der Waals surface area contributed by atoms with Crippen molar-refractivity contribution >= 4 is 23.3 Å². The highest BCUT2D eigenvalue weighted by atomic mass is 16.5. The number of carbonyl (C=O) groups is 2. The molecule has 2 aromatic rings. The quantitative estimate of drug-likeness (QED) is 0.468. The number of likely N-dealkylation sites (tertiary alicyclic amines) is 1. The van der Waals surface area contributed by atoms with E-state index in [0.717, 1.165) is 36.8 Å². The summed E-state index contributed by atoms with van der Waals surface area (Å²) in [6, 6.07) is 8.30. The molecule has 1 amide bonds. The Bertz CT molecular complexity index is 692. The molecule has 1 aliphatic heterocycles. The van der Waals surface area contributed by atoms with Crippen LogP contribution < -0.4 is 5.32 Å². The van der Waals surface area contributed by atoms with E-state index < -0.39 is 0 Å². The van der Waals surface area contributed by atoms with Crippen molar-refractivity contribution in [2.45, 2.75) is 31.8 Å². The summed E-state index contributed by atoms with van der Waals surface area (Å²) in [6.07, 6.45) is 4.04. The number of hydrogen-bond donors (Lipinski definition) is 1. The number of aromatic nitrogens is 2. The van der Waals surface area contributed by atoms with Gasteiger partial charge in [-0.15, -0.1) is 0 Å². The molecule has 0 bridgehead atoms. The highest BCUT2D eigenvalue weighted by molar-refractivity contribution is 5.79. The second-order valence-electron chi connectivity index (χ2n) is 5.94. The molecule has 3 rings (SSSR count). The van der Waals surface area contributed by atoms with Crippen LogP contribution in [0.1, 0.15) is 19.3 Å². The number of rotatable bonds is 7. The smallest absolute Gasteiger partial charge is 0.294 e. The first-order chi connectivity index (χ1) is 11.8. The SMILES string of the molecule is O=COCNC1CCN(C(=O)CCn2ncc3ccccc32)CC1. The number of hydrogen-bond acceptors (Lipinski definition) is 5. The molecule has 0 aliphatic carbocycles. The first-order valence-corrected chi connectivity index (χ1v) is 8.25. The minimum Gasteiger partial charge on any atom is -0.452 e. The van der Waals surface area contributed by atoms with Crippen molar-refractivity contribution in [1.29, 1.82) is 0 Å². The molecule has 7 nitrogen and oxygen atoms in total. The second kappa shape index (κ2) is 7.92. The van der Waals surface area contributed by atoms with E-state index in [1.807, 2.05) is 40.0 Å². The number of amides is 1. The largest absolute Gasteiger partial charge is 0.452 e. The first kappa shape index (κ1) is 16.4. The van der Waals surface area contributed by atoms with Crippen LogP contribution in [0.3, 0.4) is 0 Å². The van der Waals surface area contributed by atoms with Crippen LogP contribution in [-0.2, 0) is 20.9 Å². The highest BCUT2D eigenvalue weighted by Crippen LogP contribution is 2.15. The molecule has 0 unspecified atom stereocenters. The van der Waals surface area contributed by atoms with Gasteiger partial charge in [-0.3, -0.25) is 19.6 Å². The minimum absolute atomic E-state index is 0.164. The Balaban J connectivity index is 1.45. The number of ether oxygens (including phenoxy) is 1. The molecule has 0 radical (unpaired) electrons. The number of para-hydroxylation sites is 1. The van der Waals surface area contributed by atoms with Crippen LogP contribution in [0.2, 0.25) is 0 Å². The summed E-state index contributed by atoms with van der Waals surface area (Å²) < 4.78 is 6.53. The molecular formula is C17H22N4O3. The van der Waals surface area contributed by atoms with Crippen molar-refractivity contribution < 1.29 is 14.3 Å². The van der Waals surface area contributed by atoms with Gasteiger partial charge in [0.25, 0.3) is 6.47 Å². The molecule has 7 heteroatoms. The molecule has 0 saturated carbocycles. The summed E-state index contributed by atoms with van der Waals surface area (Å²) in [4.78, 5) is 24.4. The van der Waals surface area contributed by atoms with Crippen LogP contribution in [-0.4, -0.2) is 52.9 Å². The Morgan fingerprint density at radius 2 is 2.12 bits per heavy atom. The van der Waals surface area contributed by atoms with Crippen molar-refractivity contribution in [3.63, 3.8) is 0 Å². The Labute approximate surface area is 140 Å². The van der Waals surface area contributed by atoms with Crippen LogP contribution >= 0.6 is 0 Å². The van der Waals surface area contributed by atoms with Gasteiger partial charge in [-0.1, -0.05) is 18.2 Å². The normalized spacial score (nSPS) is 15.6. The maximum Gasteiger partial charge on any atom is 0.294 e. The van der Waals surface area contributed by atoms with Crippen LogP contribution in [0.4, 0.5) is 0 Å². The molecule has 1 N–H and O–H groups in total. The van der Waals surface area contributed by atoms with Crippen molar-refractivity contribution in [1.82, 2.24) is 20.0 Å². The predicted molar refractivity (Wildman–Crippen MR) is 89.1 cm³/mol. The third kappa shape index (κ3) is 3.91. The fourth-order valence-corrected chi connectivity index (χ4v) is 3.10. The lowest BCUT2D eigenvalue weighted by Crippen LogP contribution is -2.45. The molecule has 1 aromatic heterocycles. The third-order valence-corrected chi connectivity index (χ3v) is 4.46. The molecule has 0 atom stereocenters. The Hall–Kier alpha value is -2.41. The third-order valence-electron chi connectivity index (χ3n) is 4.46. The van der Waals surface area contributed by atoms with E-state index >= 15 is 0 Å². The summed E-state index contributed by atoms with van der Waals surface area (Å²) in [5, 5.41) is 8.60. The Kier molecular flexibility index (Phi) is 5.43.